The van der Waals surface area contributed by atoms with Crippen LogP contribution >= 0.6 is 22.6 Å². The van der Waals surface area contributed by atoms with Crippen LogP contribution in [0.15, 0.2) is 60.7 Å². The molecule has 29 heavy (non-hydrogen) atoms. The van der Waals surface area contributed by atoms with Gasteiger partial charge < -0.3 is 10.2 Å². The van der Waals surface area contributed by atoms with E-state index in [1.165, 1.54) is 25.7 Å². The molecule has 1 amide bonds. The van der Waals surface area contributed by atoms with Gasteiger partial charge in [-0.05, 0) is 84.0 Å². The highest BCUT2D eigenvalue weighted by Gasteiger charge is 2.12. The van der Waals surface area contributed by atoms with Crippen LogP contribution in [0.3, 0.4) is 0 Å². The zero-order chi connectivity index (χ0) is 20.1. The molecule has 1 N–H and O–H groups in total. The summed E-state index contributed by atoms with van der Waals surface area (Å²) in [6.07, 6.45) is 5.02. The standard InChI is InChI=1S/C23H23IN4O/c24-19-10-8-17(9-11-19)23(29)25-20-7-5-6-18(16-20)21-12-13-22(27-26-21)28-14-3-1-2-4-15-28/h5-13,16H,1-4,14-15H2,(H,25,29). The van der Waals surface area contributed by atoms with Gasteiger partial charge in [0.25, 0.3) is 5.91 Å². The fourth-order valence-electron chi connectivity index (χ4n) is 3.51. The highest BCUT2D eigenvalue weighted by Crippen LogP contribution is 2.23. The first-order valence-corrected chi connectivity index (χ1v) is 11.0. The van der Waals surface area contributed by atoms with Crippen LogP contribution in [0.25, 0.3) is 11.3 Å². The molecule has 0 spiro atoms. The number of nitrogens with one attached hydrogen (secondary N) is 1. The number of hydrogen-bond acceptors (Lipinski definition) is 4. The van der Waals surface area contributed by atoms with Crippen LogP contribution in [0.2, 0.25) is 0 Å². The van der Waals surface area contributed by atoms with E-state index in [9.17, 15) is 4.79 Å². The van der Waals surface area contributed by atoms with Crippen molar-refractivity contribution in [3.8, 4) is 11.3 Å². The summed E-state index contributed by atoms with van der Waals surface area (Å²) < 4.78 is 1.10. The maximum absolute atomic E-state index is 12.5. The molecule has 148 valence electrons. The summed E-state index contributed by atoms with van der Waals surface area (Å²) in [5, 5.41) is 11.9. The highest BCUT2D eigenvalue weighted by molar-refractivity contribution is 14.1. The molecule has 1 aliphatic rings. The number of hydrogen-bond donors (Lipinski definition) is 1. The lowest BCUT2D eigenvalue weighted by Gasteiger charge is -2.20. The zero-order valence-corrected chi connectivity index (χ0v) is 18.3. The maximum Gasteiger partial charge on any atom is 0.255 e. The molecule has 1 aromatic heterocycles. The Kier molecular flexibility index (Phi) is 6.39. The molecule has 6 heteroatoms. The number of aromatic nitrogens is 2. The molecule has 3 aromatic rings. The monoisotopic (exact) mass is 498 g/mol. The first-order valence-electron chi connectivity index (χ1n) is 9.95. The van der Waals surface area contributed by atoms with E-state index in [0.717, 1.165) is 39.4 Å². The number of carbonyl (C=O) groups excluding carboxylic acids is 1. The number of amides is 1. The second-order valence-electron chi connectivity index (χ2n) is 7.22. The number of halogens is 1. The van der Waals surface area contributed by atoms with Gasteiger partial charge in [-0.25, -0.2) is 0 Å². The first kappa shape index (κ1) is 19.8. The fraction of sp³-hybridized carbons (Fsp3) is 0.261. The third kappa shape index (κ3) is 5.12. The molecule has 0 unspecified atom stereocenters. The van der Waals surface area contributed by atoms with Crippen LogP contribution in [-0.2, 0) is 0 Å². The molecule has 2 aromatic carbocycles. The summed E-state index contributed by atoms with van der Waals surface area (Å²) in [5.41, 5.74) is 3.11. The number of benzene rings is 2. The average molecular weight is 498 g/mol. The smallest absolute Gasteiger partial charge is 0.255 e. The molecule has 4 rings (SSSR count). The van der Waals surface area contributed by atoms with Crippen molar-refractivity contribution in [2.24, 2.45) is 0 Å². The predicted molar refractivity (Wildman–Crippen MR) is 125 cm³/mol. The van der Waals surface area contributed by atoms with Crippen molar-refractivity contribution in [3.05, 3.63) is 69.8 Å². The molecular weight excluding hydrogens is 475 g/mol. The molecule has 0 radical (unpaired) electrons. The molecule has 0 aliphatic carbocycles. The van der Waals surface area contributed by atoms with Crippen molar-refractivity contribution in [1.29, 1.82) is 0 Å². The second-order valence-corrected chi connectivity index (χ2v) is 8.47. The number of nitrogens with zero attached hydrogens (tertiary/aromatic N) is 3. The average Bonchev–Trinajstić information content (AvgIpc) is 3.04. The van der Waals surface area contributed by atoms with Crippen molar-refractivity contribution >= 4 is 40.0 Å². The van der Waals surface area contributed by atoms with Crippen LogP contribution in [0.5, 0.6) is 0 Å². The Morgan fingerprint density at radius 3 is 2.34 bits per heavy atom. The summed E-state index contributed by atoms with van der Waals surface area (Å²) in [5.74, 6) is 0.819. The minimum Gasteiger partial charge on any atom is -0.355 e. The quantitative estimate of drug-likeness (QED) is 0.491. The normalized spacial score (nSPS) is 14.3. The van der Waals surface area contributed by atoms with Gasteiger partial charge in [0, 0.05) is 33.5 Å². The van der Waals surface area contributed by atoms with Gasteiger partial charge in [-0.15, -0.1) is 10.2 Å². The molecule has 1 fully saturated rings. The summed E-state index contributed by atoms with van der Waals surface area (Å²) in [4.78, 5) is 14.8. The van der Waals surface area contributed by atoms with Gasteiger partial charge in [0.2, 0.25) is 0 Å². The van der Waals surface area contributed by atoms with E-state index in [1.807, 2.05) is 60.7 Å². The van der Waals surface area contributed by atoms with Crippen LogP contribution < -0.4 is 10.2 Å². The highest BCUT2D eigenvalue weighted by atomic mass is 127. The van der Waals surface area contributed by atoms with E-state index in [1.54, 1.807) is 0 Å². The van der Waals surface area contributed by atoms with E-state index in [-0.39, 0.29) is 5.91 Å². The minimum atomic E-state index is -0.124. The van der Waals surface area contributed by atoms with Crippen molar-refractivity contribution < 1.29 is 4.79 Å². The van der Waals surface area contributed by atoms with Crippen LogP contribution in [0.4, 0.5) is 11.5 Å². The van der Waals surface area contributed by atoms with Gasteiger partial charge in [-0.1, -0.05) is 25.0 Å². The number of rotatable bonds is 4. The van der Waals surface area contributed by atoms with Gasteiger partial charge in [-0.2, -0.15) is 0 Å². The maximum atomic E-state index is 12.5. The lowest BCUT2D eigenvalue weighted by atomic mass is 10.1. The van der Waals surface area contributed by atoms with Crippen molar-refractivity contribution in [2.75, 3.05) is 23.3 Å². The van der Waals surface area contributed by atoms with E-state index in [0.29, 0.717) is 5.56 Å². The fourth-order valence-corrected chi connectivity index (χ4v) is 3.87. The summed E-state index contributed by atoms with van der Waals surface area (Å²) in [7, 11) is 0. The molecule has 1 saturated heterocycles. The first-order chi connectivity index (χ1) is 14.2. The van der Waals surface area contributed by atoms with Gasteiger partial charge in [-0.3, -0.25) is 4.79 Å². The Morgan fingerprint density at radius 2 is 1.66 bits per heavy atom. The molecule has 0 atom stereocenters. The zero-order valence-electron chi connectivity index (χ0n) is 16.1. The minimum absolute atomic E-state index is 0.124. The van der Waals surface area contributed by atoms with Crippen LogP contribution in [0.1, 0.15) is 36.0 Å². The Hall–Kier alpha value is -2.48. The van der Waals surface area contributed by atoms with Gasteiger partial charge >= 0.3 is 0 Å². The lowest BCUT2D eigenvalue weighted by molar-refractivity contribution is 0.102. The molecular formula is C23H23IN4O. The molecule has 0 saturated carbocycles. The third-order valence-corrected chi connectivity index (χ3v) is 5.82. The van der Waals surface area contributed by atoms with Crippen LogP contribution in [0, 0.1) is 3.57 Å². The van der Waals surface area contributed by atoms with Crippen molar-refractivity contribution in [3.63, 3.8) is 0 Å². The largest absolute Gasteiger partial charge is 0.355 e. The van der Waals surface area contributed by atoms with Gasteiger partial charge in [0.05, 0.1) is 5.69 Å². The van der Waals surface area contributed by atoms with Crippen molar-refractivity contribution in [1.82, 2.24) is 10.2 Å². The summed E-state index contributed by atoms with van der Waals surface area (Å²) >= 11 is 2.22. The van der Waals surface area contributed by atoms with Gasteiger partial charge in [0.1, 0.15) is 0 Å². The van der Waals surface area contributed by atoms with Crippen LogP contribution in [-0.4, -0.2) is 29.2 Å². The lowest BCUT2D eigenvalue weighted by Crippen LogP contribution is -2.25. The van der Waals surface area contributed by atoms with E-state index in [4.69, 9.17) is 0 Å². The predicted octanol–water partition coefficient (Wildman–Crippen LogP) is 5.38. The topological polar surface area (TPSA) is 58.1 Å². The Morgan fingerprint density at radius 1 is 0.897 bits per heavy atom. The third-order valence-electron chi connectivity index (χ3n) is 5.10. The Bertz CT molecular complexity index is 965. The molecule has 2 heterocycles. The van der Waals surface area contributed by atoms with E-state index < -0.39 is 0 Å². The molecule has 0 bridgehead atoms. The Balaban J connectivity index is 1.48. The molecule has 1 aliphatic heterocycles. The number of anilines is 2. The molecule has 5 nitrogen and oxygen atoms in total. The van der Waals surface area contributed by atoms with Gasteiger partial charge in [0.15, 0.2) is 5.82 Å². The summed E-state index contributed by atoms with van der Waals surface area (Å²) in [6, 6.07) is 19.3. The second kappa shape index (κ2) is 9.35. The number of carbonyl (C=O) groups is 1. The van der Waals surface area contributed by atoms with E-state index in [2.05, 4.69) is 43.0 Å². The Labute approximate surface area is 184 Å². The van der Waals surface area contributed by atoms with E-state index >= 15 is 0 Å². The summed E-state index contributed by atoms with van der Waals surface area (Å²) in [6.45, 7) is 2.10. The van der Waals surface area contributed by atoms with Crippen molar-refractivity contribution in [2.45, 2.75) is 25.7 Å². The SMILES string of the molecule is O=C(Nc1cccc(-c2ccc(N3CCCCCC3)nn2)c1)c1ccc(I)cc1.